The lowest BCUT2D eigenvalue weighted by Crippen LogP contribution is -2.51. The van der Waals surface area contributed by atoms with E-state index in [-0.39, 0.29) is 134 Å². The van der Waals surface area contributed by atoms with Gasteiger partial charge in [-0.2, -0.15) is 0 Å². The molecule has 1 aromatic heterocycles. The van der Waals surface area contributed by atoms with E-state index in [1.807, 2.05) is 30.6 Å². The fourth-order valence-electron chi connectivity index (χ4n) is 6.98. The van der Waals surface area contributed by atoms with Crippen molar-refractivity contribution < 1.29 is 82.5 Å². The van der Waals surface area contributed by atoms with E-state index in [1.54, 1.807) is 9.80 Å². The third kappa shape index (κ3) is 33.7. The molecule has 0 spiro atoms. The maximum absolute atomic E-state index is 13.5. The number of aliphatic carboxylic acids is 2. The minimum atomic E-state index is -1.18. The van der Waals surface area contributed by atoms with Crippen molar-refractivity contribution in [1.29, 1.82) is 0 Å². The summed E-state index contributed by atoms with van der Waals surface area (Å²) < 4.78 is 33.0. The number of nitrogens with zero attached hydrogens (tertiary/aromatic N) is 6. The molecule has 426 valence electrons. The zero-order valence-electron chi connectivity index (χ0n) is 44.1. The summed E-state index contributed by atoms with van der Waals surface area (Å²) in [6.07, 6.45) is 2.38. The second kappa shape index (κ2) is 46.5. The fourth-order valence-corrected chi connectivity index (χ4v) is 6.98. The van der Waals surface area contributed by atoms with Gasteiger partial charge in [0.05, 0.1) is 92.3 Å². The Morgan fingerprint density at radius 3 is 1.65 bits per heavy atom. The lowest BCUT2D eigenvalue weighted by molar-refractivity contribution is -0.144. The Bertz CT molecular complexity index is 1730. The van der Waals surface area contributed by atoms with E-state index in [0.717, 1.165) is 32.2 Å². The normalized spacial score (nSPS) is 14.4. The van der Waals surface area contributed by atoms with Crippen LogP contribution in [0.1, 0.15) is 56.9 Å². The molecule has 1 aromatic rings. The quantitative estimate of drug-likeness (QED) is 0.0243. The number of rotatable bonds is 38. The summed E-state index contributed by atoms with van der Waals surface area (Å²) in [4.78, 5) is 106. The molecule has 0 saturated carbocycles. The van der Waals surface area contributed by atoms with Gasteiger partial charge in [-0.1, -0.05) is 26.8 Å². The van der Waals surface area contributed by atoms with Crippen molar-refractivity contribution in [2.45, 2.75) is 52.5 Å². The van der Waals surface area contributed by atoms with Crippen LogP contribution in [0.4, 0.5) is 0 Å². The Balaban J connectivity index is 0.0000130. The third-order valence-electron chi connectivity index (χ3n) is 10.8. The zero-order valence-corrected chi connectivity index (χ0v) is 44.1. The van der Waals surface area contributed by atoms with Gasteiger partial charge in [0.2, 0.25) is 11.8 Å². The summed E-state index contributed by atoms with van der Waals surface area (Å²) in [6, 6.07) is 2.54. The monoisotopic (exact) mass is 1060 g/mol. The van der Waals surface area contributed by atoms with Gasteiger partial charge >= 0.3 is 11.9 Å². The second-order valence-electron chi connectivity index (χ2n) is 16.0. The number of amides is 3. The highest BCUT2D eigenvalue weighted by Gasteiger charge is 2.28. The maximum Gasteiger partial charge on any atom is 0.320 e. The van der Waals surface area contributed by atoms with E-state index in [0.29, 0.717) is 78.9 Å². The summed E-state index contributed by atoms with van der Waals surface area (Å²) in [5, 5.41) is 42.6. The third-order valence-corrected chi connectivity index (χ3v) is 10.8. The Morgan fingerprint density at radius 2 is 1.11 bits per heavy atom. The standard InChI is InChI=1S/C45H76N8O17.C2H6.CH4O/c1-2-25-65-29-33-69-34-30-66-26-8-41(57)47-10-27-67-31-35-70-36-32-68-28-22-52(44(61)38-4-3-5-42(58)53(38)64)11-9-46-40(56)7-6-39(45(62)63)51-18-16-49(21-24-55)13-12-48(20-23-54)14-15-50(17-19-51)37-43(59)60;2*1-2/h3-5,23-24,39,64H,2,6-22,25-37H2,1H3,(H,46,56)(H,47,57)(H,59,60)(H,62,63);1-2H3;2H,1H3. The molecule has 0 aromatic carbocycles. The smallest absolute Gasteiger partial charge is 0.320 e. The number of aldehydes is 2. The first-order valence-electron chi connectivity index (χ1n) is 25.3. The van der Waals surface area contributed by atoms with Gasteiger partial charge in [-0.05, 0) is 18.9 Å². The van der Waals surface area contributed by atoms with E-state index in [4.69, 9.17) is 33.5 Å². The van der Waals surface area contributed by atoms with Crippen LogP contribution in [0.5, 0.6) is 0 Å². The number of aliphatic hydroxyl groups excluding tert-OH is 1. The largest absolute Gasteiger partial charge is 0.480 e. The van der Waals surface area contributed by atoms with Gasteiger partial charge in [0, 0.05) is 111 Å². The summed E-state index contributed by atoms with van der Waals surface area (Å²) >= 11 is 0. The van der Waals surface area contributed by atoms with Crippen LogP contribution in [0.15, 0.2) is 23.0 Å². The van der Waals surface area contributed by atoms with Crippen LogP contribution in [0, 0.1) is 0 Å². The van der Waals surface area contributed by atoms with Crippen LogP contribution in [-0.2, 0) is 57.2 Å². The lowest BCUT2D eigenvalue weighted by Gasteiger charge is -2.35. The van der Waals surface area contributed by atoms with Gasteiger partial charge < -0.3 is 74.1 Å². The molecule has 26 nitrogen and oxygen atoms in total. The number of carbonyl (C=O) groups excluding carboxylic acids is 5. The number of aromatic nitrogens is 1. The maximum atomic E-state index is 13.5. The molecule has 3 amide bonds. The average Bonchev–Trinajstić information content (AvgIpc) is 3.38. The van der Waals surface area contributed by atoms with E-state index < -0.39 is 35.4 Å². The molecular formula is C48H86N8O18. The number of carbonyl (C=O) groups is 7. The SMILES string of the molecule is CC.CCCOCCOCCOCCC(=O)NCCOCCOCCOCCN(CCNC(=O)CCC(C(=O)O)N1CCN(CC=O)CCN(CC=O)CCN(CC(=O)O)CC1)C(=O)c1cccc(=O)n1O.CO. The molecule has 2 rings (SSSR count). The predicted molar refractivity (Wildman–Crippen MR) is 270 cm³/mol. The number of aliphatic hydroxyl groups is 1. The van der Waals surface area contributed by atoms with Gasteiger partial charge in [0.25, 0.3) is 11.5 Å². The summed E-state index contributed by atoms with van der Waals surface area (Å²) in [7, 11) is 1.00. The molecule has 0 aliphatic carbocycles. The number of pyridine rings is 1. The summed E-state index contributed by atoms with van der Waals surface area (Å²) in [5.41, 5.74) is -1.12. The van der Waals surface area contributed by atoms with Gasteiger partial charge in [0.1, 0.15) is 24.3 Å². The number of ether oxygens (including phenoxy) is 6. The molecule has 1 saturated heterocycles. The van der Waals surface area contributed by atoms with Crippen LogP contribution in [-0.4, -0.2) is 283 Å². The van der Waals surface area contributed by atoms with Crippen LogP contribution < -0.4 is 16.2 Å². The highest BCUT2D eigenvalue weighted by Crippen LogP contribution is 2.11. The molecule has 1 fully saturated rings. The van der Waals surface area contributed by atoms with Crippen molar-refractivity contribution in [2.24, 2.45) is 0 Å². The number of carboxylic acid groups (broad SMARTS) is 2. The molecular weight excluding hydrogens is 977 g/mol. The average molecular weight is 1060 g/mol. The summed E-state index contributed by atoms with van der Waals surface area (Å²) in [5.74, 6) is -3.61. The van der Waals surface area contributed by atoms with Gasteiger partial charge in [-0.15, -0.1) is 4.73 Å². The van der Waals surface area contributed by atoms with Crippen molar-refractivity contribution in [3.8, 4) is 0 Å². The molecule has 26 heteroatoms. The van der Waals surface area contributed by atoms with Crippen molar-refractivity contribution in [2.75, 3.05) is 185 Å². The van der Waals surface area contributed by atoms with Gasteiger partial charge in [-0.3, -0.25) is 48.4 Å². The Labute approximate surface area is 435 Å². The fraction of sp³-hybridized carbons (Fsp3) is 0.750. The van der Waals surface area contributed by atoms with Crippen LogP contribution in [0.25, 0.3) is 0 Å². The topological polar surface area (TPSA) is 318 Å². The first-order valence-corrected chi connectivity index (χ1v) is 25.3. The van der Waals surface area contributed by atoms with Crippen LogP contribution in [0.2, 0.25) is 0 Å². The molecule has 2 heterocycles. The highest BCUT2D eigenvalue weighted by atomic mass is 16.5. The predicted octanol–water partition coefficient (Wildman–Crippen LogP) is -1.77. The Kier molecular flexibility index (Phi) is 43.4. The van der Waals surface area contributed by atoms with Crippen molar-refractivity contribution >= 4 is 42.2 Å². The summed E-state index contributed by atoms with van der Waals surface area (Å²) in [6.45, 7) is 12.7. The van der Waals surface area contributed by atoms with Gasteiger partial charge in [0.15, 0.2) is 0 Å². The highest BCUT2D eigenvalue weighted by molar-refractivity contribution is 5.92. The molecule has 1 aliphatic heterocycles. The number of carboxylic acids is 2. The number of hydrogen-bond donors (Lipinski definition) is 6. The van der Waals surface area contributed by atoms with Crippen molar-refractivity contribution in [3.05, 3.63) is 34.2 Å². The Morgan fingerprint density at radius 1 is 0.635 bits per heavy atom. The first-order chi connectivity index (χ1) is 35.9. The first kappa shape index (κ1) is 69.0. The lowest BCUT2D eigenvalue weighted by atomic mass is 10.1. The number of nitrogens with one attached hydrogen (secondary N) is 2. The van der Waals surface area contributed by atoms with Gasteiger partial charge in [-0.25, -0.2) is 0 Å². The van der Waals surface area contributed by atoms with Crippen molar-refractivity contribution in [1.82, 2.24) is 39.9 Å². The van der Waals surface area contributed by atoms with E-state index in [1.165, 1.54) is 17.0 Å². The van der Waals surface area contributed by atoms with Crippen molar-refractivity contribution in [3.63, 3.8) is 0 Å². The minimum absolute atomic E-state index is 0.00731. The molecule has 0 bridgehead atoms. The molecule has 1 unspecified atom stereocenters. The zero-order chi connectivity index (χ0) is 55.2. The van der Waals surface area contributed by atoms with Crippen LogP contribution in [0.3, 0.4) is 0 Å². The minimum Gasteiger partial charge on any atom is -0.480 e. The Hall–Kier alpha value is -5.00. The molecule has 74 heavy (non-hydrogen) atoms. The number of hydrogen-bond acceptors (Lipinski definition) is 20. The second-order valence-corrected chi connectivity index (χ2v) is 16.0. The van der Waals surface area contributed by atoms with E-state index >= 15 is 0 Å². The van der Waals surface area contributed by atoms with E-state index in [9.17, 15) is 53.8 Å². The molecule has 6 N–H and O–H groups in total. The molecule has 1 atom stereocenters. The van der Waals surface area contributed by atoms with Crippen LogP contribution >= 0.6 is 0 Å². The molecule has 1 aliphatic rings. The van der Waals surface area contributed by atoms with E-state index in [2.05, 4.69) is 10.6 Å². The molecule has 0 radical (unpaired) electrons.